The first kappa shape index (κ1) is 13.1. The van der Waals surface area contributed by atoms with E-state index < -0.39 is 0 Å². The number of aromatic nitrogens is 2. The summed E-state index contributed by atoms with van der Waals surface area (Å²) in [5.74, 6) is 0.830. The zero-order chi connectivity index (χ0) is 14.1. The van der Waals surface area contributed by atoms with Crippen LogP contribution in [0.3, 0.4) is 0 Å². The quantitative estimate of drug-likeness (QED) is 0.737. The van der Waals surface area contributed by atoms with Crippen LogP contribution >= 0.6 is 15.9 Å². The second kappa shape index (κ2) is 5.21. The van der Waals surface area contributed by atoms with Crippen LogP contribution in [-0.4, -0.2) is 9.97 Å². The van der Waals surface area contributed by atoms with Crippen LogP contribution in [0.1, 0.15) is 11.1 Å². The highest BCUT2D eigenvalue weighted by Gasteiger charge is 2.07. The molecule has 0 spiro atoms. The second-order valence-electron chi connectivity index (χ2n) is 4.78. The van der Waals surface area contributed by atoms with Crippen molar-refractivity contribution in [3.05, 3.63) is 58.3 Å². The highest BCUT2D eigenvalue weighted by atomic mass is 79.9. The molecule has 3 nitrogen and oxygen atoms in total. The lowest BCUT2D eigenvalue weighted by atomic mass is 10.1. The topological polar surface area (TPSA) is 37.8 Å². The van der Waals surface area contributed by atoms with Gasteiger partial charge in [0.1, 0.15) is 12.1 Å². The van der Waals surface area contributed by atoms with Gasteiger partial charge in [0, 0.05) is 15.5 Å². The molecule has 1 N–H and O–H groups in total. The van der Waals surface area contributed by atoms with Gasteiger partial charge in [-0.15, -0.1) is 0 Å². The Morgan fingerprint density at radius 2 is 1.90 bits per heavy atom. The maximum absolute atomic E-state index is 4.37. The van der Waals surface area contributed by atoms with Gasteiger partial charge in [-0.25, -0.2) is 9.97 Å². The first-order chi connectivity index (χ1) is 9.65. The van der Waals surface area contributed by atoms with Gasteiger partial charge in [0.15, 0.2) is 0 Å². The van der Waals surface area contributed by atoms with E-state index in [1.807, 2.05) is 18.2 Å². The Morgan fingerprint density at radius 1 is 1.05 bits per heavy atom. The van der Waals surface area contributed by atoms with Gasteiger partial charge in [-0.1, -0.05) is 28.1 Å². The van der Waals surface area contributed by atoms with Gasteiger partial charge in [-0.3, -0.25) is 0 Å². The van der Waals surface area contributed by atoms with E-state index >= 15 is 0 Å². The Balaban J connectivity index is 2.09. The Morgan fingerprint density at radius 3 is 2.75 bits per heavy atom. The number of halogens is 1. The standard InChI is InChI=1S/C16H14BrN3/c1-10-6-7-12-15(8-10)18-9-19-16(12)20-14-5-3-4-13(17)11(14)2/h3-9H,1-2H3,(H,18,19,20). The lowest BCUT2D eigenvalue weighted by molar-refractivity contribution is 1.21. The predicted molar refractivity (Wildman–Crippen MR) is 86.4 cm³/mol. The Kier molecular flexibility index (Phi) is 3.40. The van der Waals surface area contributed by atoms with Crippen molar-refractivity contribution in [2.24, 2.45) is 0 Å². The van der Waals surface area contributed by atoms with Crippen LogP contribution < -0.4 is 5.32 Å². The smallest absolute Gasteiger partial charge is 0.141 e. The van der Waals surface area contributed by atoms with E-state index in [0.29, 0.717) is 0 Å². The monoisotopic (exact) mass is 327 g/mol. The second-order valence-corrected chi connectivity index (χ2v) is 5.63. The van der Waals surface area contributed by atoms with E-state index in [1.165, 1.54) is 5.56 Å². The molecule has 0 atom stereocenters. The van der Waals surface area contributed by atoms with Crippen molar-refractivity contribution < 1.29 is 0 Å². The largest absolute Gasteiger partial charge is 0.339 e. The fraction of sp³-hybridized carbons (Fsp3) is 0.125. The summed E-state index contributed by atoms with van der Waals surface area (Å²) in [7, 11) is 0. The van der Waals surface area contributed by atoms with Crippen molar-refractivity contribution in [1.82, 2.24) is 9.97 Å². The Labute approximate surface area is 126 Å². The third-order valence-corrected chi connectivity index (χ3v) is 4.17. The molecule has 4 heteroatoms. The normalized spacial score (nSPS) is 10.8. The predicted octanol–water partition coefficient (Wildman–Crippen LogP) is 4.75. The molecule has 0 aliphatic rings. The molecule has 0 radical (unpaired) electrons. The molecule has 0 aliphatic heterocycles. The van der Waals surface area contributed by atoms with Crippen molar-refractivity contribution in [2.75, 3.05) is 5.32 Å². The summed E-state index contributed by atoms with van der Waals surface area (Å²) < 4.78 is 1.08. The fourth-order valence-corrected chi connectivity index (χ4v) is 2.50. The molecule has 100 valence electrons. The SMILES string of the molecule is Cc1ccc2c(Nc3cccc(Br)c3C)ncnc2c1. The van der Waals surface area contributed by atoms with E-state index in [1.54, 1.807) is 6.33 Å². The molecular weight excluding hydrogens is 314 g/mol. The van der Waals surface area contributed by atoms with Crippen molar-refractivity contribution in [3.8, 4) is 0 Å². The molecule has 2 aromatic carbocycles. The fourth-order valence-electron chi connectivity index (χ4n) is 2.14. The van der Waals surface area contributed by atoms with Gasteiger partial charge in [-0.05, 0) is 49.2 Å². The van der Waals surface area contributed by atoms with E-state index in [-0.39, 0.29) is 0 Å². The van der Waals surface area contributed by atoms with Gasteiger partial charge >= 0.3 is 0 Å². The maximum Gasteiger partial charge on any atom is 0.141 e. The van der Waals surface area contributed by atoms with E-state index in [9.17, 15) is 0 Å². The number of aryl methyl sites for hydroxylation is 1. The van der Waals surface area contributed by atoms with Gasteiger partial charge in [0.05, 0.1) is 5.52 Å². The molecule has 3 rings (SSSR count). The summed E-state index contributed by atoms with van der Waals surface area (Å²) in [5, 5.41) is 4.42. The number of fused-ring (bicyclic) bond motifs is 1. The summed E-state index contributed by atoms with van der Waals surface area (Å²) in [4.78, 5) is 8.69. The van der Waals surface area contributed by atoms with Crippen molar-refractivity contribution >= 4 is 38.3 Å². The third kappa shape index (κ3) is 2.39. The zero-order valence-electron chi connectivity index (χ0n) is 11.3. The first-order valence-corrected chi connectivity index (χ1v) is 7.18. The summed E-state index contributed by atoms with van der Waals surface area (Å²) >= 11 is 3.55. The van der Waals surface area contributed by atoms with E-state index in [0.717, 1.165) is 32.4 Å². The lowest BCUT2D eigenvalue weighted by Gasteiger charge is -2.11. The Hall–Kier alpha value is -1.94. The summed E-state index contributed by atoms with van der Waals surface area (Å²) in [5.41, 5.74) is 4.35. The number of rotatable bonds is 2. The minimum Gasteiger partial charge on any atom is -0.339 e. The van der Waals surface area contributed by atoms with E-state index in [2.05, 4.69) is 63.3 Å². The number of hydrogen-bond donors (Lipinski definition) is 1. The molecular formula is C16H14BrN3. The van der Waals surface area contributed by atoms with Crippen LogP contribution in [0, 0.1) is 13.8 Å². The van der Waals surface area contributed by atoms with Crippen LogP contribution in [-0.2, 0) is 0 Å². The molecule has 20 heavy (non-hydrogen) atoms. The van der Waals surface area contributed by atoms with Crippen molar-refractivity contribution in [1.29, 1.82) is 0 Å². The van der Waals surface area contributed by atoms with E-state index in [4.69, 9.17) is 0 Å². The molecule has 1 aromatic heterocycles. The number of nitrogens with zero attached hydrogens (tertiary/aromatic N) is 2. The molecule has 0 saturated carbocycles. The molecule has 0 saturated heterocycles. The molecule has 0 aliphatic carbocycles. The molecule has 1 heterocycles. The number of anilines is 2. The lowest BCUT2D eigenvalue weighted by Crippen LogP contribution is -1.98. The van der Waals surface area contributed by atoms with Crippen LogP contribution in [0.15, 0.2) is 47.2 Å². The summed E-state index contributed by atoms with van der Waals surface area (Å²) in [6, 6.07) is 12.3. The number of benzene rings is 2. The summed E-state index contributed by atoms with van der Waals surface area (Å²) in [6.45, 7) is 4.13. The average Bonchev–Trinajstić information content (AvgIpc) is 2.44. The van der Waals surface area contributed by atoms with Crippen molar-refractivity contribution in [2.45, 2.75) is 13.8 Å². The molecule has 0 bridgehead atoms. The van der Waals surface area contributed by atoms with Gasteiger partial charge in [0.2, 0.25) is 0 Å². The number of hydrogen-bond acceptors (Lipinski definition) is 3. The first-order valence-electron chi connectivity index (χ1n) is 6.38. The van der Waals surface area contributed by atoms with Crippen LogP contribution in [0.4, 0.5) is 11.5 Å². The Bertz CT molecular complexity index is 784. The minimum absolute atomic E-state index is 0.830. The molecule has 0 fully saturated rings. The maximum atomic E-state index is 4.37. The van der Waals surface area contributed by atoms with Crippen molar-refractivity contribution in [3.63, 3.8) is 0 Å². The average molecular weight is 328 g/mol. The molecule has 0 amide bonds. The van der Waals surface area contributed by atoms with Crippen LogP contribution in [0.5, 0.6) is 0 Å². The summed E-state index contributed by atoms with van der Waals surface area (Å²) in [6.07, 6.45) is 1.59. The van der Waals surface area contributed by atoms with Crippen LogP contribution in [0.2, 0.25) is 0 Å². The third-order valence-electron chi connectivity index (χ3n) is 3.31. The molecule has 3 aromatic rings. The van der Waals surface area contributed by atoms with Gasteiger partial charge in [0.25, 0.3) is 0 Å². The minimum atomic E-state index is 0.830. The molecule has 0 unspecified atom stereocenters. The number of nitrogens with one attached hydrogen (secondary N) is 1. The van der Waals surface area contributed by atoms with Gasteiger partial charge < -0.3 is 5.32 Å². The highest BCUT2D eigenvalue weighted by molar-refractivity contribution is 9.10. The van der Waals surface area contributed by atoms with Crippen LogP contribution in [0.25, 0.3) is 10.9 Å². The highest BCUT2D eigenvalue weighted by Crippen LogP contribution is 2.28. The zero-order valence-corrected chi connectivity index (χ0v) is 12.9. The van der Waals surface area contributed by atoms with Gasteiger partial charge in [-0.2, -0.15) is 0 Å².